The Morgan fingerprint density at radius 2 is 2.47 bits per heavy atom. The minimum atomic E-state index is 0.241. The van der Waals surface area contributed by atoms with Gasteiger partial charge >= 0.3 is 0 Å². The van der Waals surface area contributed by atoms with Gasteiger partial charge < -0.3 is 5.11 Å². The van der Waals surface area contributed by atoms with Gasteiger partial charge in [-0.1, -0.05) is 0 Å². The molecule has 4 nitrogen and oxygen atoms in total. The summed E-state index contributed by atoms with van der Waals surface area (Å²) in [6.07, 6.45) is 7.45. The Bertz CT molecular complexity index is 304. The molecule has 2 atom stereocenters. The van der Waals surface area contributed by atoms with E-state index in [0.717, 1.165) is 25.1 Å². The first-order valence-corrected chi connectivity index (χ1v) is 5.45. The van der Waals surface area contributed by atoms with Gasteiger partial charge in [0.2, 0.25) is 0 Å². The number of hydrogen-bond donors (Lipinski definition) is 1. The summed E-state index contributed by atoms with van der Waals surface area (Å²) >= 11 is 0. The molecule has 82 valence electrons. The van der Waals surface area contributed by atoms with Crippen LogP contribution < -0.4 is 0 Å². The summed E-state index contributed by atoms with van der Waals surface area (Å²) in [5.41, 5.74) is 0.984. The van der Waals surface area contributed by atoms with Crippen molar-refractivity contribution in [2.75, 3.05) is 13.2 Å². The molecular weight excluding hydrogens is 190 g/mol. The van der Waals surface area contributed by atoms with Crippen molar-refractivity contribution in [3.8, 4) is 0 Å². The highest BCUT2D eigenvalue weighted by Gasteiger charge is 2.29. The number of hydrogen-bond acceptors (Lipinski definition) is 4. The van der Waals surface area contributed by atoms with Crippen LogP contribution in [0, 0.1) is 0 Å². The van der Waals surface area contributed by atoms with Gasteiger partial charge in [0.1, 0.15) is 0 Å². The molecule has 15 heavy (non-hydrogen) atoms. The highest BCUT2D eigenvalue weighted by Crippen LogP contribution is 2.27. The van der Waals surface area contributed by atoms with Crippen LogP contribution in [0.25, 0.3) is 0 Å². The van der Waals surface area contributed by atoms with Crippen LogP contribution >= 0.6 is 0 Å². The Labute approximate surface area is 90.0 Å². The quantitative estimate of drug-likeness (QED) is 0.803. The van der Waals surface area contributed by atoms with Crippen molar-refractivity contribution >= 4 is 0 Å². The van der Waals surface area contributed by atoms with E-state index in [9.17, 15) is 5.11 Å². The molecule has 1 N–H and O–H groups in total. The summed E-state index contributed by atoms with van der Waals surface area (Å²) < 4.78 is 0. The first-order chi connectivity index (χ1) is 7.33. The van der Waals surface area contributed by atoms with E-state index >= 15 is 0 Å². The van der Waals surface area contributed by atoms with Crippen LogP contribution in [0.3, 0.4) is 0 Å². The number of likely N-dealkylation sites (tertiary alicyclic amines) is 1. The summed E-state index contributed by atoms with van der Waals surface area (Å²) in [4.78, 5) is 10.7. The molecule has 1 aliphatic heterocycles. The zero-order chi connectivity index (χ0) is 10.7. The smallest absolute Gasteiger partial charge is 0.0755 e. The lowest BCUT2D eigenvalue weighted by molar-refractivity contribution is 0.124. The topological polar surface area (TPSA) is 49.2 Å². The van der Waals surface area contributed by atoms with Crippen LogP contribution in [0.15, 0.2) is 18.6 Å². The second-order valence-corrected chi connectivity index (χ2v) is 4.02. The summed E-state index contributed by atoms with van der Waals surface area (Å²) in [6.45, 7) is 3.41. The summed E-state index contributed by atoms with van der Waals surface area (Å²) in [5.74, 6) is 0. The predicted octanol–water partition coefficient (Wildman–Crippen LogP) is 0.994. The fraction of sp³-hybridized carbons (Fsp3) is 0.636. The highest BCUT2D eigenvalue weighted by atomic mass is 16.3. The van der Waals surface area contributed by atoms with Crippen molar-refractivity contribution in [2.45, 2.75) is 31.8 Å². The van der Waals surface area contributed by atoms with Crippen molar-refractivity contribution in [3.63, 3.8) is 0 Å². The van der Waals surface area contributed by atoms with Crippen LogP contribution in [0.1, 0.15) is 31.5 Å². The van der Waals surface area contributed by atoms with Crippen LogP contribution in [-0.2, 0) is 0 Å². The number of aliphatic hydroxyl groups excluding tert-OH is 1. The Morgan fingerprint density at radius 3 is 3.13 bits per heavy atom. The van der Waals surface area contributed by atoms with E-state index in [1.165, 1.54) is 0 Å². The fourth-order valence-electron chi connectivity index (χ4n) is 2.26. The van der Waals surface area contributed by atoms with Gasteiger partial charge in [0.15, 0.2) is 0 Å². The fourth-order valence-corrected chi connectivity index (χ4v) is 2.26. The van der Waals surface area contributed by atoms with Crippen molar-refractivity contribution in [2.24, 2.45) is 0 Å². The molecule has 1 fully saturated rings. The summed E-state index contributed by atoms with van der Waals surface area (Å²) in [7, 11) is 0. The van der Waals surface area contributed by atoms with Gasteiger partial charge in [0.25, 0.3) is 0 Å². The van der Waals surface area contributed by atoms with E-state index in [0.29, 0.717) is 6.04 Å². The molecule has 1 aromatic rings. The van der Waals surface area contributed by atoms with Gasteiger partial charge in [-0.2, -0.15) is 0 Å². The van der Waals surface area contributed by atoms with Gasteiger partial charge in [-0.25, -0.2) is 0 Å². The molecule has 0 amide bonds. The molecule has 0 radical (unpaired) electrons. The van der Waals surface area contributed by atoms with E-state index in [-0.39, 0.29) is 12.6 Å². The molecule has 0 saturated carbocycles. The second kappa shape index (κ2) is 4.68. The molecule has 0 aliphatic carbocycles. The minimum absolute atomic E-state index is 0.241. The SMILES string of the molecule is C[C@@H](c1cnccn1)N1CCC[C@@H]1CO. The standard InChI is InChI=1S/C11H17N3O/c1-9(11-7-12-4-5-13-11)14-6-2-3-10(14)8-15/h4-5,7,9-10,15H,2-3,6,8H2,1H3/t9-,10+/m0/s1. The molecule has 4 heteroatoms. The van der Waals surface area contributed by atoms with E-state index in [4.69, 9.17) is 0 Å². The van der Waals surface area contributed by atoms with Crippen molar-refractivity contribution in [1.29, 1.82) is 0 Å². The maximum atomic E-state index is 9.25. The third-order valence-electron chi connectivity index (χ3n) is 3.14. The van der Waals surface area contributed by atoms with Crippen molar-refractivity contribution in [3.05, 3.63) is 24.3 Å². The first-order valence-electron chi connectivity index (χ1n) is 5.45. The third kappa shape index (κ3) is 2.16. The lowest BCUT2D eigenvalue weighted by Gasteiger charge is -2.28. The number of aromatic nitrogens is 2. The number of aliphatic hydroxyl groups is 1. The lowest BCUT2D eigenvalue weighted by Crippen LogP contribution is -2.34. The van der Waals surface area contributed by atoms with E-state index < -0.39 is 0 Å². The van der Waals surface area contributed by atoms with Crippen molar-refractivity contribution in [1.82, 2.24) is 14.9 Å². The summed E-state index contributed by atoms with van der Waals surface area (Å²) in [6, 6.07) is 0.542. The minimum Gasteiger partial charge on any atom is -0.395 e. The van der Waals surface area contributed by atoms with E-state index in [1.54, 1.807) is 18.6 Å². The maximum Gasteiger partial charge on any atom is 0.0755 e. The Morgan fingerprint density at radius 1 is 1.60 bits per heavy atom. The average Bonchev–Trinajstić information content (AvgIpc) is 2.77. The second-order valence-electron chi connectivity index (χ2n) is 4.02. The Kier molecular flexibility index (Phi) is 3.28. The van der Waals surface area contributed by atoms with Gasteiger partial charge in [0, 0.05) is 24.6 Å². The monoisotopic (exact) mass is 207 g/mol. The molecule has 0 bridgehead atoms. The molecule has 1 aromatic heterocycles. The number of nitrogens with zero attached hydrogens (tertiary/aromatic N) is 3. The van der Waals surface area contributed by atoms with Crippen LogP contribution in [-0.4, -0.2) is 39.2 Å². The Balaban J connectivity index is 2.10. The van der Waals surface area contributed by atoms with Gasteiger partial charge in [-0.3, -0.25) is 14.9 Å². The molecular formula is C11H17N3O. The molecule has 1 aliphatic rings. The molecule has 1 saturated heterocycles. The molecule has 0 spiro atoms. The first kappa shape index (κ1) is 10.5. The Hall–Kier alpha value is -1.00. The molecule has 0 aromatic carbocycles. The van der Waals surface area contributed by atoms with E-state index in [2.05, 4.69) is 21.8 Å². The molecule has 2 rings (SSSR count). The highest BCUT2D eigenvalue weighted by molar-refractivity contribution is 5.03. The predicted molar refractivity (Wildman–Crippen MR) is 57.3 cm³/mol. The largest absolute Gasteiger partial charge is 0.395 e. The van der Waals surface area contributed by atoms with Gasteiger partial charge in [-0.15, -0.1) is 0 Å². The van der Waals surface area contributed by atoms with Crippen LogP contribution in [0.2, 0.25) is 0 Å². The lowest BCUT2D eigenvalue weighted by atomic mass is 10.1. The maximum absolute atomic E-state index is 9.25. The third-order valence-corrected chi connectivity index (χ3v) is 3.14. The van der Waals surface area contributed by atoms with Crippen LogP contribution in [0.5, 0.6) is 0 Å². The van der Waals surface area contributed by atoms with Gasteiger partial charge in [-0.05, 0) is 26.3 Å². The average molecular weight is 207 g/mol. The molecule has 0 unspecified atom stereocenters. The van der Waals surface area contributed by atoms with Crippen molar-refractivity contribution < 1.29 is 5.11 Å². The normalized spacial score (nSPS) is 24.3. The summed E-state index contributed by atoms with van der Waals surface area (Å²) in [5, 5.41) is 9.25. The zero-order valence-electron chi connectivity index (χ0n) is 9.00. The molecule has 2 heterocycles. The zero-order valence-corrected chi connectivity index (χ0v) is 9.00. The van der Waals surface area contributed by atoms with E-state index in [1.807, 2.05) is 0 Å². The number of rotatable bonds is 3. The van der Waals surface area contributed by atoms with Crippen LogP contribution in [0.4, 0.5) is 0 Å². The van der Waals surface area contributed by atoms with Gasteiger partial charge in [0.05, 0.1) is 18.3 Å².